The van der Waals surface area contributed by atoms with Gasteiger partial charge in [0.25, 0.3) is 0 Å². The van der Waals surface area contributed by atoms with Crippen molar-refractivity contribution in [2.45, 2.75) is 258 Å². The van der Waals surface area contributed by atoms with E-state index in [2.05, 4.69) is 32.9 Å². The third-order valence-electron chi connectivity index (χ3n) is 10.3. The molecule has 0 radical (unpaired) electrons. The van der Waals surface area contributed by atoms with E-state index in [0.29, 0.717) is 19.3 Å². The lowest BCUT2D eigenvalue weighted by Gasteiger charge is -2.18. The Hall–Kier alpha value is -1.85. The Kier molecular flexibility index (Phi) is 41.4. The molecule has 0 aliphatic rings. The van der Waals surface area contributed by atoms with Crippen molar-refractivity contribution in [3.05, 3.63) is 12.2 Å². The third kappa shape index (κ3) is 41.2. The quantitative estimate of drug-likeness (QED) is 0.0268. The fourth-order valence-electron chi connectivity index (χ4n) is 6.73. The molecule has 53 heavy (non-hydrogen) atoms. The molecule has 0 aromatic heterocycles. The first kappa shape index (κ1) is 51.1. The number of unbranched alkanes of at least 4 members (excludes halogenated alkanes) is 29. The van der Waals surface area contributed by atoms with E-state index in [1.165, 1.54) is 154 Å². The summed E-state index contributed by atoms with van der Waals surface area (Å²) in [5, 5.41) is 0. The van der Waals surface area contributed by atoms with Crippen molar-refractivity contribution >= 4 is 17.9 Å². The van der Waals surface area contributed by atoms with Crippen molar-refractivity contribution in [1.82, 2.24) is 0 Å². The van der Waals surface area contributed by atoms with E-state index in [1.54, 1.807) is 0 Å². The Labute approximate surface area is 329 Å². The van der Waals surface area contributed by atoms with Gasteiger partial charge in [-0.05, 0) is 44.9 Å². The number of esters is 3. The van der Waals surface area contributed by atoms with Gasteiger partial charge >= 0.3 is 17.9 Å². The molecular weight excluding hydrogens is 661 g/mol. The molecule has 0 rings (SSSR count). The number of carbonyl (C=O) groups excluding carboxylic acids is 3. The Morgan fingerprint density at radius 2 is 0.623 bits per heavy atom. The van der Waals surface area contributed by atoms with E-state index in [4.69, 9.17) is 14.2 Å². The summed E-state index contributed by atoms with van der Waals surface area (Å²) in [7, 11) is 0. The number of rotatable bonds is 42. The predicted molar refractivity (Wildman–Crippen MR) is 224 cm³/mol. The van der Waals surface area contributed by atoms with Crippen LogP contribution in [0.4, 0.5) is 0 Å². The highest BCUT2D eigenvalue weighted by atomic mass is 16.6. The normalized spacial score (nSPS) is 12.0. The van der Waals surface area contributed by atoms with Crippen LogP contribution >= 0.6 is 0 Å². The number of allylic oxidation sites excluding steroid dienone is 2. The first-order valence-corrected chi connectivity index (χ1v) is 23.2. The fourth-order valence-corrected chi connectivity index (χ4v) is 6.73. The van der Waals surface area contributed by atoms with Crippen LogP contribution in [0.15, 0.2) is 12.2 Å². The second-order valence-corrected chi connectivity index (χ2v) is 15.7. The molecular formula is C47H88O6. The number of ether oxygens (including phenoxy) is 3. The maximum Gasteiger partial charge on any atom is 0.306 e. The van der Waals surface area contributed by atoms with Gasteiger partial charge in [0, 0.05) is 19.3 Å². The lowest BCUT2D eigenvalue weighted by molar-refractivity contribution is -0.167. The molecule has 0 spiro atoms. The summed E-state index contributed by atoms with van der Waals surface area (Å²) in [4.78, 5) is 37.3. The first-order valence-electron chi connectivity index (χ1n) is 23.2. The van der Waals surface area contributed by atoms with Crippen LogP contribution in [0, 0.1) is 0 Å². The van der Waals surface area contributed by atoms with Crippen molar-refractivity contribution in [3.8, 4) is 0 Å². The minimum absolute atomic E-state index is 0.0680. The molecule has 0 aliphatic heterocycles. The first-order chi connectivity index (χ1) is 26.0. The highest BCUT2D eigenvalue weighted by Gasteiger charge is 2.19. The standard InChI is InChI=1S/C47H88O6/c1-4-7-10-13-16-17-18-19-20-21-22-23-24-25-26-27-28-29-30-31-32-35-37-40-46(49)52-43-44(53-47(50)41-38-34-15-12-9-6-3)42-51-45(48)39-36-33-14-11-8-5-2/h21-22,44H,4-20,23-43H2,1-3H3/b22-21-. The van der Waals surface area contributed by atoms with Crippen LogP contribution < -0.4 is 0 Å². The topological polar surface area (TPSA) is 78.9 Å². The maximum absolute atomic E-state index is 12.5. The number of hydrogen-bond acceptors (Lipinski definition) is 6. The minimum Gasteiger partial charge on any atom is -0.462 e. The van der Waals surface area contributed by atoms with Crippen molar-refractivity contribution in [2.75, 3.05) is 13.2 Å². The second kappa shape index (κ2) is 42.9. The average molecular weight is 749 g/mol. The Bertz CT molecular complexity index is 824. The molecule has 0 aliphatic carbocycles. The lowest BCUT2D eigenvalue weighted by atomic mass is 10.0. The van der Waals surface area contributed by atoms with Crippen LogP contribution in [0.1, 0.15) is 252 Å². The smallest absolute Gasteiger partial charge is 0.306 e. The molecule has 6 nitrogen and oxygen atoms in total. The summed E-state index contributed by atoms with van der Waals surface area (Å²) in [5.74, 6) is -0.883. The zero-order chi connectivity index (χ0) is 38.7. The molecule has 0 saturated heterocycles. The van der Waals surface area contributed by atoms with Gasteiger partial charge in [-0.2, -0.15) is 0 Å². The van der Waals surface area contributed by atoms with Gasteiger partial charge in [0.1, 0.15) is 13.2 Å². The van der Waals surface area contributed by atoms with Crippen LogP contribution in [0.3, 0.4) is 0 Å². The van der Waals surface area contributed by atoms with Gasteiger partial charge in [-0.25, -0.2) is 0 Å². The predicted octanol–water partition coefficient (Wildman–Crippen LogP) is 14.6. The molecule has 0 saturated carbocycles. The summed E-state index contributed by atoms with van der Waals surface area (Å²) in [5.41, 5.74) is 0. The zero-order valence-corrected chi connectivity index (χ0v) is 35.6. The van der Waals surface area contributed by atoms with Gasteiger partial charge < -0.3 is 14.2 Å². The van der Waals surface area contributed by atoms with Gasteiger partial charge in [-0.3, -0.25) is 14.4 Å². The summed E-state index contributed by atoms with van der Waals surface area (Å²) in [6.07, 6.45) is 45.4. The fraction of sp³-hybridized carbons (Fsp3) is 0.894. The van der Waals surface area contributed by atoms with Crippen LogP contribution in [0.2, 0.25) is 0 Å². The van der Waals surface area contributed by atoms with Gasteiger partial charge in [0.2, 0.25) is 0 Å². The highest BCUT2D eigenvalue weighted by Crippen LogP contribution is 2.15. The minimum atomic E-state index is -0.758. The molecule has 0 aromatic rings. The van der Waals surface area contributed by atoms with Crippen LogP contribution in [-0.4, -0.2) is 37.2 Å². The molecule has 0 heterocycles. The Balaban J connectivity index is 3.96. The van der Waals surface area contributed by atoms with Gasteiger partial charge in [0.05, 0.1) is 0 Å². The van der Waals surface area contributed by atoms with Gasteiger partial charge in [-0.1, -0.05) is 200 Å². The van der Waals surface area contributed by atoms with Crippen molar-refractivity contribution < 1.29 is 28.6 Å². The maximum atomic E-state index is 12.5. The Morgan fingerprint density at radius 3 is 0.943 bits per heavy atom. The second-order valence-electron chi connectivity index (χ2n) is 15.7. The molecule has 0 fully saturated rings. The van der Waals surface area contributed by atoms with Crippen LogP contribution in [0.5, 0.6) is 0 Å². The monoisotopic (exact) mass is 749 g/mol. The van der Waals surface area contributed by atoms with E-state index < -0.39 is 6.10 Å². The SMILES string of the molecule is CCCCCCCCCC/C=C\CCCCCCCCCCCCCC(=O)OCC(COC(=O)CCCCCCCC)OC(=O)CCCCCCCC. The van der Waals surface area contributed by atoms with Gasteiger partial charge in [-0.15, -0.1) is 0 Å². The lowest BCUT2D eigenvalue weighted by Crippen LogP contribution is -2.30. The molecule has 1 atom stereocenters. The van der Waals surface area contributed by atoms with Gasteiger partial charge in [0.15, 0.2) is 6.10 Å². The number of hydrogen-bond donors (Lipinski definition) is 0. The largest absolute Gasteiger partial charge is 0.462 e. The number of carbonyl (C=O) groups is 3. The van der Waals surface area contributed by atoms with Crippen molar-refractivity contribution in [1.29, 1.82) is 0 Å². The van der Waals surface area contributed by atoms with E-state index in [9.17, 15) is 14.4 Å². The summed E-state index contributed by atoms with van der Waals surface area (Å²) in [6.45, 7) is 6.52. The van der Waals surface area contributed by atoms with Crippen molar-refractivity contribution in [2.24, 2.45) is 0 Å². The third-order valence-corrected chi connectivity index (χ3v) is 10.3. The van der Waals surface area contributed by atoms with E-state index in [-0.39, 0.29) is 31.1 Å². The molecule has 0 N–H and O–H groups in total. The van der Waals surface area contributed by atoms with E-state index in [0.717, 1.165) is 57.8 Å². The molecule has 6 heteroatoms. The molecule has 0 aromatic carbocycles. The summed E-state index contributed by atoms with van der Waals surface area (Å²) in [6, 6.07) is 0. The summed E-state index contributed by atoms with van der Waals surface area (Å²) >= 11 is 0. The average Bonchev–Trinajstić information content (AvgIpc) is 3.15. The van der Waals surface area contributed by atoms with E-state index >= 15 is 0 Å². The highest BCUT2D eigenvalue weighted by molar-refractivity contribution is 5.71. The molecule has 0 bridgehead atoms. The summed E-state index contributed by atoms with van der Waals surface area (Å²) < 4.78 is 16.5. The molecule has 0 amide bonds. The molecule has 312 valence electrons. The van der Waals surface area contributed by atoms with E-state index in [1.807, 2.05) is 0 Å². The van der Waals surface area contributed by atoms with Crippen LogP contribution in [-0.2, 0) is 28.6 Å². The zero-order valence-electron chi connectivity index (χ0n) is 35.6. The van der Waals surface area contributed by atoms with Crippen LogP contribution in [0.25, 0.3) is 0 Å². The van der Waals surface area contributed by atoms with Crippen molar-refractivity contribution in [3.63, 3.8) is 0 Å². The Morgan fingerprint density at radius 1 is 0.358 bits per heavy atom. The molecule has 1 unspecified atom stereocenters.